The Kier molecular flexibility index (Phi) is 7.82. The highest BCUT2D eigenvalue weighted by Gasteiger charge is 2.61. The van der Waals surface area contributed by atoms with E-state index in [0.717, 1.165) is 32.6 Å². The van der Waals surface area contributed by atoms with Crippen LogP contribution in [0.25, 0.3) is 0 Å². The van der Waals surface area contributed by atoms with Gasteiger partial charge in [-0.3, -0.25) is 4.79 Å². The molecule has 0 aromatic rings. The molecular weight excluding hydrogens is 282 g/mol. The normalized spacial score (nSPS) is 14.8. The van der Waals surface area contributed by atoms with Gasteiger partial charge in [0.2, 0.25) is 0 Å². The Morgan fingerprint density at radius 3 is 2.10 bits per heavy atom. The molecule has 1 unspecified atom stereocenters. The van der Waals surface area contributed by atoms with E-state index in [2.05, 4.69) is 6.92 Å². The van der Waals surface area contributed by atoms with E-state index in [1.807, 2.05) is 0 Å². The average molecular weight is 308 g/mol. The van der Waals surface area contributed by atoms with Gasteiger partial charge in [-0.05, 0) is 19.3 Å². The van der Waals surface area contributed by atoms with Crippen molar-refractivity contribution < 1.29 is 28.2 Å². The van der Waals surface area contributed by atoms with Gasteiger partial charge < -0.3 is 9.84 Å². The van der Waals surface area contributed by atoms with Crippen LogP contribution < -0.4 is 0 Å². The van der Waals surface area contributed by atoms with Gasteiger partial charge in [0.15, 0.2) is 5.60 Å². The van der Waals surface area contributed by atoms with Gasteiger partial charge in [0.25, 0.3) is 0 Å². The molecule has 0 aliphatic carbocycles. The minimum absolute atomic E-state index is 0.0295. The molecular formula is C15H26F2O4. The number of carbonyl (C=O) groups excluding carboxylic acids is 1. The molecule has 0 aromatic heterocycles. The molecule has 124 valence electrons. The van der Waals surface area contributed by atoms with E-state index in [0.29, 0.717) is 6.42 Å². The van der Waals surface area contributed by atoms with Gasteiger partial charge in [0.1, 0.15) is 0 Å². The molecule has 0 spiro atoms. The summed E-state index contributed by atoms with van der Waals surface area (Å²) in [4.78, 5) is 22.5. The first-order chi connectivity index (χ1) is 9.59. The number of carboxylic acid groups (broad SMARTS) is 1. The van der Waals surface area contributed by atoms with Crippen LogP contribution in [-0.2, 0) is 14.3 Å². The van der Waals surface area contributed by atoms with Gasteiger partial charge in [-0.25, -0.2) is 4.79 Å². The lowest BCUT2D eigenvalue weighted by atomic mass is 9.85. The Morgan fingerprint density at radius 1 is 1.14 bits per heavy atom. The second kappa shape index (κ2) is 8.29. The van der Waals surface area contributed by atoms with Gasteiger partial charge >= 0.3 is 17.9 Å². The van der Waals surface area contributed by atoms with Crippen molar-refractivity contribution in [3.05, 3.63) is 0 Å². The molecule has 0 rings (SSSR count). The summed E-state index contributed by atoms with van der Waals surface area (Å²) in [5.74, 6) is -8.01. The Bertz CT molecular complexity index is 356. The summed E-state index contributed by atoms with van der Waals surface area (Å²) < 4.78 is 32.5. The van der Waals surface area contributed by atoms with E-state index in [1.54, 1.807) is 0 Å². The maximum absolute atomic E-state index is 13.8. The highest BCUT2D eigenvalue weighted by Crippen LogP contribution is 2.38. The smallest absolute Gasteiger partial charge is 0.381 e. The maximum Gasteiger partial charge on any atom is 0.381 e. The zero-order valence-corrected chi connectivity index (χ0v) is 13.2. The van der Waals surface area contributed by atoms with Crippen molar-refractivity contribution >= 4 is 11.9 Å². The van der Waals surface area contributed by atoms with Crippen LogP contribution in [0, 0.1) is 5.92 Å². The fraction of sp³-hybridized carbons (Fsp3) is 0.867. The topological polar surface area (TPSA) is 63.6 Å². The molecule has 1 N–H and O–H groups in total. The third-order valence-corrected chi connectivity index (χ3v) is 3.80. The van der Waals surface area contributed by atoms with Crippen LogP contribution in [0.4, 0.5) is 8.78 Å². The van der Waals surface area contributed by atoms with E-state index in [4.69, 9.17) is 9.84 Å². The Hall–Kier alpha value is -1.20. The van der Waals surface area contributed by atoms with Crippen LogP contribution in [0.3, 0.4) is 0 Å². The number of aliphatic carboxylic acids is 1. The van der Waals surface area contributed by atoms with Crippen molar-refractivity contribution in [3.8, 4) is 0 Å². The van der Waals surface area contributed by atoms with E-state index >= 15 is 0 Å². The van der Waals surface area contributed by atoms with E-state index in [-0.39, 0.29) is 6.42 Å². The molecule has 0 saturated carbocycles. The standard InChI is InChI=1S/C15H26F2O4/c1-5-6-7-8-9-10-12(18)21-14(4,11(2)3)15(16,17)13(19)20/h11H,5-10H2,1-4H3,(H,19,20). The number of carboxylic acids is 1. The minimum atomic E-state index is -4.13. The highest BCUT2D eigenvalue weighted by atomic mass is 19.3. The number of alkyl halides is 2. The van der Waals surface area contributed by atoms with Crippen LogP contribution in [0.15, 0.2) is 0 Å². The largest absolute Gasteiger partial charge is 0.477 e. The van der Waals surface area contributed by atoms with Gasteiger partial charge in [0.05, 0.1) is 0 Å². The van der Waals surface area contributed by atoms with Crippen LogP contribution >= 0.6 is 0 Å². The van der Waals surface area contributed by atoms with E-state index < -0.39 is 29.4 Å². The van der Waals surface area contributed by atoms with Gasteiger partial charge in [-0.2, -0.15) is 8.78 Å². The van der Waals surface area contributed by atoms with Gasteiger partial charge in [-0.1, -0.05) is 46.5 Å². The number of ether oxygens (including phenoxy) is 1. The Balaban J connectivity index is 4.65. The third kappa shape index (κ3) is 5.25. The third-order valence-electron chi connectivity index (χ3n) is 3.80. The van der Waals surface area contributed by atoms with Crippen LogP contribution in [0.1, 0.15) is 66.2 Å². The van der Waals surface area contributed by atoms with Gasteiger partial charge in [0, 0.05) is 6.42 Å². The van der Waals surface area contributed by atoms with Crippen molar-refractivity contribution in [2.24, 2.45) is 5.92 Å². The summed E-state index contributed by atoms with van der Waals surface area (Å²) in [6.07, 6.45) is 4.54. The highest BCUT2D eigenvalue weighted by molar-refractivity contribution is 5.78. The van der Waals surface area contributed by atoms with Crippen molar-refractivity contribution in [2.45, 2.75) is 77.7 Å². The summed E-state index contributed by atoms with van der Waals surface area (Å²) in [5, 5.41) is 8.67. The molecule has 0 amide bonds. The monoisotopic (exact) mass is 308 g/mol. The lowest BCUT2D eigenvalue weighted by Gasteiger charge is -2.37. The second-order valence-corrected chi connectivity index (χ2v) is 5.78. The molecule has 6 heteroatoms. The molecule has 0 aromatic carbocycles. The molecule has 21 heavy (non-hydrogen) atoms. The summed E-state index contributed by atoms with van der Waals surface area (Å²) in [6.45, 7) is 5.86. The summed E-state index contributed by atoms with van der Waals surface area (Å²) in [7, 11) is 0. The zero-order valence-electron chi connectivity index (χ0n) is 13.2. The fourth-order valence-corrected chi connectivity index (χ4v) is 1.92. The molecule has 0 bridgehead atoms. The van der Waals surface area contributed by atoms with Crippen molar-refractivity contribution in [1.82, 2.24) is 0 Å². The lowest BCUT2D eigenvalue weighted by molar-refractivity contribution is -0.229. The predicted molar refractivity (Wildman–Crippen MR) is 75.3 cm³/mol. The number of hydrogen-bond acceptors (Lipinski definition) is 3. The molecule has 4 nitrogen and oxygen atoms in total. The Labute approximate surface area is 124 Å². The summed E-state index contributed by atoms with van der Waals surface area (Å²) in [5.41, 5.74) is -2.35. The summed E-state index contributed by atoms with van der Waals surface area (Å²) >= 11 is 0. The van der Waals surface area contributed by atoms with Crippen LogP contribution in [0.2, 0.25) is 0 Å². The molecule has 0 aliphatic rings. The van der Waals surface area contributed by atoms with Crippen molar-refractivity contribution in [2.75, 3.05) is 0 Å². The van der Waals surface area contributed by atoms with E-state index in [1.165, 1.54) is 13.8 Å². The number of hydrogen-bond donors (Lipinski definition) is 1. The number of unbranched alkanes of at least 4 members (excludes halogenated alkanes) is 4. The molecule has 0 saturated heterocycles. The lowest BCUT2D eigenvalue weighted by Crippen LogP contribution is -2.57. The molecule has 0 heterocycles. The number of rotatable bonds is 10. The first-order valence-corrected chi connectivity index (χ1v) is 7.42. The van der Waals surface area contributed by atoms with E-state index in [9.17, 15) is 18.4 Å². The zero-order chi connectivity index (χ0) is 16.7. The Morgan fingerprint density at radius 2 is 1.67 bits per heavy atom. The fourth-order valence-electron chi connectivity index (χ4n) is 1.92. The van der Waals surface area contributed by atoms with Crippen molar-refractivity contribution in [1.29, 1.82) is 0 Å². The van der Waals surface area contributed by atoms with Gasteiger partial charge in [-0.15, -0.1) is 0 Å². The maximum atomic E-state index is 13.8. The van der Waals surface area contributed by atoms with Crippen molar-refractivity contribution in [3.63, 3.8) is 0 Å². The quantitative estimate of drug-likeness (QED) is 0.489. The van der Waals surface area contributed by atoms with Crippen LogP contribution in [0.5, 0.6) is 0 Å². The average Bonchev–Trinajstić information content (AvgIpc) is 2.37. The molecule has 0 aliphatic heterocycles. The minimum Gasteiger partial charge on any atom is -0.477 e. The number of esters is 1. The first-order valence-electron chi connectivity index (χ1n) is 7.42. The summed E-state index contributed by atoms with van der Waals surface area (Å²) in [6, 6.07) is 0. The van der Waals surface area contributed by atoms with Crippen LogP contribution in [-0.4, -0.2) is 28.6 Å². The SMILES string of the molecule is CCCCCCCC(=O)OC(C)(C(C)C)C(F)(F)C(=O)O. The number of carbonyl (C=O) groups is 2. The predicted octanol–water partition coefficient (Wildman–Crippen LogP) is 4.02. The second-order valence-electron chi connectivity index (χ2n) is 5.78. The molecule has 0 radical (unpaired) electrons. The molecule has 0 fully saturated rings. The molecule has 1 atom stereocenters. The first kappa shape index (κ1) is 19.8. The number of halogens is 2.